The van der Waals surface area contributed by atoms with E-state index >= 15 is 0 Å². The normalized spacial score (nSPS) is 11.7. The lowest BCUT2D eigenvalue weighted by Gasteiger charge is -2.31. The van der Waals surface area contributed by atoms with Crippen LogP contribution in [0.15, 0.2) is 48.5 Å². The third-order valence-corrected chi connectivity index (χ3v) is 4.96. The zero-order valence-electron chi connectivity index (χ0n) is 17.0. The van der Waals surface area contributed by atoms with Gasteiger partial charge < -0.3 is 10.2 Å². The van der Waals surface area contributed by atoms with E-state index in [9.17, 15) is 14.0 Å². The van der Waals surface area contributed by atoms with E-state index in [1.807, 2.05) is 13.0 Å². The van der Waals surface area contributed by atoms with Gasteiger partial charge in [-0.25, -0.2) is 4.39 Å². The fourth-order valence-corrected chi connectivity index (χ4v) is 3.35. The van der Waals surface area contributed by atoms with Crippen molar-refractivity contribution in [3.63, 3.8) is 0 Å². The lowest BCUT2D eigenvalue weighted by Crippen LogP contribution is -2.49. The van der Waals surface area contributed by atoms with E-state index in [-0.39, 0.29) is 30.6 Å². The molecule has 156 valence electrons. The Morgan fingerprint density at radius 1 is 1.10 bits per heavy atom. The molecule has 0 bridgehead atoms. The maximum Gasteiger partial charge on any atom is 0.242 e. The zero-order chi connectivity index (χ0) is 21.2. The molecule has 0 saturated heterocycles. The first-order valence-electron chi connectivity index (χ1n) is 10.0. The van der Waals surface area contributed by atoms with Gasteiger partial charge in [-0.05, 0) is 48.2 Å². The molecule has 2 aromatic rings. The molecule has 0 fully saturated rings. The van der Waals surface area contributed by atoms with Crippen LogP contribution in [-0.2, 0) is 22.6 Å². The lowest BCUT2D eigenvalue weighted by molar-refractivity contribution is -0.140. The van der Waals surface area contributed by atoms with Gasteiger partial charge in [-0.2, -0.15) is 0 Å². The minimum absolute atomic E-state index is 0.139. The largest absolute Gasteiger partial charge is 0.354 e. The topological polar surface area (TPSA) is 49.4 Å². The highest BCUT2D eigenvalue weighted by Crippen LogP contribution is 2.17. The monoisotopic (exact) mass is 418 g/mol. The second-order valence-electron chi connectivity index (χ2n) is 7.02. The van der Waals surface area contributed by atoms with Gasteiger partial charge in [0.1, 0.15) is 11.9 Å². The van der Waals surface area contributed by atoms with E-state index in [0.717, 1.165) is 24.0 Å². The summed E-state index contributed by atoms with van der Waals surface area (Å²) in [6.07, 6.45) is 2.49. The standard InChI is InChI=1S/C23H28ClFN2O2/c1-3-5-13-26-23(29)21(4-2)27(16-17-9-11-20(25)12-10-17)22(28)15-18-7-6-8-19(24)14-18/h6-12,14,21H,3-5,13,15-16H2,1-2H3,(H,26,29). The summed E-state index contributed by atoms with van der Waals surface area (Å²) in [4.78, 5) is 27.5. The highest BCUT2D eigenvalue weighted by Gasteiger charge is 2.28. The highest BCUT2D eigenvalue weighted by molar-refractivity contribution is 6.30. The highest BCUT2D eigenvalue weighted by atomic mass is 35.5. The van der Waals surface area contributed by atoms with Crippen LogP contribution in [0.1, 0.15) is 44.2 Å². The van der Waals surface area contributed by atoms with Gasteiger partial charge in [0.15, 0.2) is 0 Å². The van der Waals surface area contributed by atoms with Crippen LogP contribution >= 0.6 is 11.6 Å². The predicted molar refractivity (Wildman–Crippen MR) is 114 cm³/mol. The number of hydrogen-bond acceptors (Lipinski definition) is 2. The molecule has 2 rings (SSSR count). The molecular formula is C23H28ClFN2O2. The lowest BCUT2D eigenvalue weighted by atomic mass is 10.1. The molecule has 0 saturated carbocycles. The molecule has 4 nitrogen and oxygen atoms in total. The Bertz CT molecular complexity index is 811. The molecule has 2 amide bonds. The number of carbonyl (C=O) groups is 2. The van der Waals surface area contributed by atoms with Crippen LogP contribution in [0.2, 0.25) is 5.02 Å². The zero-order valence-corrected chi connectivity index (χ0v) is 17.7. The van der Waals surface area contributed by atoms with E-state index in [0.29, 0.717) is 18.0 Å². The summed E-state index contributed by atoms with van der Waals surface area (Å²) in [5.41, 5.74) is 1.55. The predicted octanol–water partition coefficient (Wildman–Crippen LogP) is 4.75. The number of carbonyl (C=O) groups excluding carboxylic acids is 2. The summed E-state index contributed by atoms with van der Waals surface area (Å²) in [6, 6.07) is 12.5. The summed E-state index contributed by atoms with van der Waals surface area (Å²) in [7, 11) is 0. The molecule has 0 aromatic heterocycles. The Kier molecular flexibility index (Phi) is 9.13. The summed E-state index contributed by atoms with van der Waals surface area (Å²) < 4.78 is 13.3. The van der Waals surface area contributed by atoms with Crippen molar-refractivity contribution in [1.29, 1.82) is 0 Å². The maximum atomic E-state index is 13.3. The minimum atomic E-state index is -0.594. The van der Waals surface area contributed by atoms with Crippen LogP contribution in [0.4, 0.5) is 4.39 Å². The molecule has 0 heterocycles. The van der Waals surface area contributed by atoms with Crippen LogP contribution in [0.3, 0.4) is 0 Å². The van der Waals surface area contributed by atoms with Crippen molar-refractivity contribution in [3.05, 3.63) is 70.5 Å². The number of halogens is 2. The Morgan fingerprint density at radius 2 is 1.83 bits per heavy atom. The summed E-state index contributed by atoms with van der Waals surface area (Å²) >= 11 is 6.04. The van der Waals surface area contributed by atoms with Gasteiger partial charge in [0.05, 0.1) is 6.42 Å². The quantitative estimate of drug-likeness (QED) is 0.566. The van der Waals surface area contributed by atoms with Gasteiger partial charge in [-0.3, -0.25) is 9.59 Å². The van der Waals surface area contributed by atoms with Crippen LogP contribution in [0, 0.1) is 5.82 Å². The molecule has 1 atom stereocenters. The van der Waals surface area contributed by atoms with E-state index < -0.39 is 6.04 Å². The Labute approximate surface area is 177 Å². The number of amides is 2. The van der Waals surface area contributed by atoms with E-state index in [2.05, 4.69) is 12.2 Å². The molecule has 2 aromatic carbocycles. The minimum Gasteiger partial charge on any atom is -0.354 e. The van der Waals surface area contributed by atoms with Crippen molar-refractivity contribution < 1.29 is 14.0 Å². The Morgan fingerprint density at radius 3 is 2.45 bits per heavy atom. The second-order valence-corrected chi connectivity index (χ2v) is 7.46. The van der Waals surface area contributed by atoms with Crippen molar-refractivity contribution in [2.24, 2.45) is 0 Å². The summed E-state index contributed by atoms with van der Waals surface area (Å²) in [6.45, 7) is 4.76. The van der Waals surface area contributed by atoms with Crippen LogP contribution in [0.25, 0.3) is 0 Å². The number of nitrogens with one attached hydrogen (secondary N) is 1. The molecule has 0 aliphatic carbocycles. The molecule has 0 radical (unpaired) electrons. The smallest absolute Gasteiger partial charge is 0.242 e. The van der Waals surface area contributed by atoms with E-state index in [1.165, 1.54) is 12.1 Å². The van der Waals surface area contributed by atoms with Crippen LogP contribution in [-0.4, -0.2) is 29.3 Å². The van der Waals surface area contributed by atoms with Gasteiger partial charge >= 0.3 is 0 Å². The molecule has 0 spiro atoms. The number of unbranched alkanes of at least 4 members (excludes halogenated alkanes) is 1. The second kappa shape index (κ2) is 11.6. The van der Waals surface area contributed by atoms with Gasteiger partial charge in [-0.15, -0.1) is 0 Å². The van der Waals surface area contributed by atoms with Crippen molar-refractivity contribution in [1.82, 2.24) is 10.2 Å². The van der Waals surface area contributed by atoms with Crippen LogP contribution < -0.4 is 5.32 Å². The third-order valence-electron chi connectivity index (χ3n) is 4.73. The first-order chi connectivity index (χ1) is 13.9. The van der Waals surface area contributed by atoms with Crippen molar-refractivity contribution >= 4 is 23.4 Å². The van der Waals surface area contributed by atoms with Gasteiger partial charge in [-0.1, -0.05) is 56.1 Å². The van der Waals surface area contributed by atoms with Gasteiger partial charge in [0.25, 0.3) is 0 Å². The molecule has 0 aliphatic rings. The average molecular weight is 419 g/mol. The third kappa shape index (κ3) is 7.17. The molecule has 1 unspecified atom stereocenters. The molecule has 0 aliphatic heterocycles. The number of benzene rings is 2. The van der Waals surface area contributed by atoms with Gasteiger partial charge in [0.2, 0.25) is 11.8 Å². The number of hydrogen-bond donors (Lipinski definition) is 1. The van der Waals surface area contributed by atoms with Crippen molar-refractivity contribution in [2.45, 2.75) is 52.1 Å². The summed E-state index contributed by atoms with van der Waals surface area (Å²) in [5, 5.41) is 3.48. The first kappa shape index (κ1) is 22.9. The average Bonchev–Trinajstić information content (AvgIpc) is 2.69. The molecule has 1 N–H and O–H groups in total. The number of rotatable bonds is 10. The Balaban J connectivity index is 2.23. The molecule has 29 heavy (non-hydrogen) atoms. The first-order valence-corrected chi connectivity index (χ1v) is 10.4. The fourth-order valence-electron chi connectivity index (χ4n) is 3.14. The van der Waals surface area contributed by atoms with Crippen molar-refractivity contribution in [3.8, 4) is 0 Å². The van der Waals surface area contributed by atoms with Crippen molar-refractivity contribution in [2.75, 3.05) is 6.54 Å². The van der Waals surface area contributed by atoms with E-state index in [1.54, 1.807) is 35.2 Å². The molecular weight excluding hydrogens is 391 g/mol. The van der Waals surface area contributed by atoms with Gasteiger partial charge in [0, 0.05) is 18.1 Å². The van der Waals surface area contributed by atoms with Crippen LogP contribution in [0.5, 0.6) is 0 Å². The SMILES string of the molecule is CCCCNC(=O)C(CC)N(Cc1ccc(F)cc1)C(=O)Cc1cccc(Cl)c1. The van der Waals surface area contributed by atoms with E-state index in [4.69, 9.17) is 11.6 Å². The maximum absolute atomic E-state index is 13.3. The summed E-state index contributed by atoms with van der Waals surface area (Å²) in [5.74, 6) is -0.675. The fraction of sp³-hybridized carbons (Fsp3) is 0.391. The number of nitrogens with zero attached hydrogens (tertiary/aromatic N) is 1. The molecule has 6 heteroatoms. The Hall–Kier alpha value is -2.40.